The molecule has 3 N–H and O–H groups in total. The molecule has 2 heterocycles. The van der Waals surface area contributed by atoms with E-state index in [2.05, 4.69) is 20.7 Å². The van der Waals surface area contributed by atoms with Crippen molar-refractivity contribution in [2.75, 3.05) is 24.7 Å². The summed E-state index contributed by atoms with van der Waals surface area (Å²) in [6, 6.07) is 4.96. The lowest BCUT2D eigenvalue weighted by molar-refractivity contribution is 0.0816. The number of nitrogens with zero attached hydrogens (tertiary/aromatic N) is 4. The molecule has 152 valence electrons. The van der Waals surface area contributed by atoms with Crippen LogP contribution >= 0.6 is 11.3 Å². The Morgan fingerprint density at radius 3 is 2.66 bits per heavy atom. The minimum absolute atomic E-state index is 0.121. The van der Waals surface area contributed by atoms with Crippen LogP contribution in [0.1, 0.15) is 31.3 Å². The van der Waals surface area contributed by atoms with Gasteiger partial charge in [-0.25, -0.2) is 4.98 Å². The van der Waals surface area contributed by atoms with Crippen LogP contribution in [0.3, 0.4) is 0 Å². The molecular weight excluding hydrogens is 392 g/mol. The van der Waals surface area contributed by atoms with Crippen LogP contribution in [0.2, 0.25) is 0 Å². The number of phenolic OH excluding ortho intramolecular Hbond substituents is 1. The zero-order chi connectivity index (χ0) is 21.3. The highest BCUT2D eigenvalue weighted by atomic mass is 32.1. The molecule has 0 saturated heterocycles. The number of rotatable bonds is 5. The van der Waals surface area contributed by atoms with Gasteiger partial charge in [0.2, 0.25) is 0 Å². The zero-order valence-electron chi connectivity index (χ0n) is 16.8. The summed E-state index contributed by atoms with van der Waals surface area (Å²) in [7, 11) is 5.02. The lowest BCUT2D eigenvalue weighted by Crippen LogP contribution is -2.24. The SMILES string of the molecule is Cc1ccc(O)c(C)c1NC(=O)c1cnc(Nc2cc(C(=O)N(C)C)n(C)n2)s1. The van der Waals surface area contributed by atoms with E-state index in [1.165, 1.54) is 15.8 Å². The number of hydrogen-bond acceptors (Lipinski definition) is 7. The second-order valence-corrected chi connectivity index (χ2v) is 7.78. The van der Waals surface area contributed by atoms with Gasteiger partial charge in [-0.05, 0) is 25.5 Å². The van der Waals surface area contributed by atoms with Crippen LogP contribution in [0.25, 0.3) is 0 Å². The number of thiazole rings is 1. The molecule has 2 amide bonds. The maximum Gasteiger partial charge on any atom is 0.271 e. The summed E-state index contributed by atoms with van der Waals surface area (Å²) < 4.78 is 1.49. The average molecular weight is 414 g/mol. The first-order valence-corrected chi connectivity index (χ1v) is 9.58. The molecule has 29 heavy (non-hydrogen) atoms. The van der Waals surface area contributed by atoms with Crippen molar-refractivity contribution in [3.8, 4) is 5.75 Å². The van der Waals surface area contributed by atoms with E-state index in [4.69, 9.17) is 0 Å². The summed E-state index contributed by atoms with van der Waals surface area (Å²) in [6.45, 7) is 3.60. The van der Waals surface area contributed by atoms with Crippen molar-refractivity contribution in [3.05, 3.63) is 46.1 Å². The Morgan fingerprint density at radius 2 is 1.97 bits per heavy atom. The van der Waals surface area contributed by atoms with Gasteiger partial charge >= 0.3 is 0 Å². The number of benzene rings is 1. The van der Waals surface area contributed by atoms with Crippen molar-refractivity contribution in [1.29, 1.82) is 0 Å². The first-order chi connectivity index (χ1) is 13.7. The average Bonchev–Trinajstić information content (AvgIpc) is 3.28. The predicted molar refractivity (Wildman–Crippen MR) is 112 cm³/mol. The third-order valence-corrected chi connectivity index (χ3v) is 5.26. The van der Waals surface area contributed by atoms with E-state index in [0.717, 1.165) is 16.9 Å². The summed E-state index contributed by atoms with van der Waals surface area (Å²) in [4.78, 5) is 30.8. The minimum Gasteiger partial charge on any atom is -0.508 e. The molecule has 0 atom stereocenters. The fraction of sp³-hybridized carbons (Fsp3) is 0.263. The molecule has 1 aromatic carbocycles. The van der Waals surface area contributed by atoms with E-state index < -0.39 is 0 Å². The molecule has 0 aliphatic carbocycles. The number of hydrogen-bond donors (Lipinski definition) is 3. The number of anilines is 3. The van der Waals surface area contributed by atoms with Crippen LogP contribution < -0.4 is 10.6 Å². The maximum absolute atomic E-state index is 12.6. The van der Waals surface area contributed by atoms with Crippen molar-refractivity contribution >= 4 is 39.8 Å². The number of nitrogens with one attached hydrogen (secondary N) is 2. The molecule has 0 radical (unpaired) electrons. The predicted octanol–water partition coefficient (Wildman–Crippen LogP) is 2.90. The minimum atomic E-state index is -0.322. The Bertz CT molecular complexity index is 1090. The lowest BCUT2D eigenvalue weighted by Gasteiger charge is -2.11. The van der Waals surface area contributed by atoms with Crippen molar-refractivity contribution in [2.45, 2.75) is 13.8 Å². The second-order valence-electron chi connectivity index (χ2n) is 6.75. The van der Waals surface area contributed by atoms with E-state index in [1.807, 2.05) is 6.92 Å². The topological polar surface area (TPSA) is 112 Å². The van der Waals surface area contributed by atoms with Crippen LogP contribution in [-0.2, 0) is 7.05 Å². The third-order valence-electron chi connectivity index (χ3n) is 4.35. The van der Waals surface area contributed by atoms with Gasteiger partial charge < -0.3 is 20.6 Å². The number of carbonyl (C=O) groups is 2. The summed E-state index contributed by atoms with van der Waals surface area (Å²) in [6.07, 6.45) is 1.46. The third kappa shape index (κ3) is 4.21. The number of carbonyl (C=O) groups excluding carboxylic acids is 2. The molecule has 2 aromatic heterocycles. The summed E-state index contributed by atoms with van der Waals surface area (Å²) in [5, 5.41) is 20.4. The largest absolute Gasteiger partial charge is 0.508 e. The Balaban J connectivity index is 1.75. The number of aromatic hydroxyl groups is 1. The van der Waals surface area contributed by atoms with Gasteiger partial charge in [0.05, 0.1) is 11.9 Å². The molecule has 10 heteroatoms. The fourth-order valence-electron chi connectivity index (χ4n) is 2.71. The van der Waals surface area contributed by atoms with Crippen molar-refractivity contribution in [3.63, 3.8) is 0 Å². The maximum atomic E-state index is 12.6. The summed E-state index contributed by atoms with van der Waals surface area (Å²) >= 11 is 1.16. The van der Waals surface area contributed by atoms with E-state index in [-0.39, 0.29) is 17.6 Å². The smallest absolute Gasteiger partial charge is 0.271 e. The molecule has 0 spiro atoms. The highest BCUT2D eigenvalue weighted by Gasteiger charge is 2.18. The van der Waals surface area contributed by atoms with Gasteiger partial charge in [0.25, 0.3) is 11.8 Å². The van der Waals surface area contributed by atoms with Gasteiger partial charge in [0, 0.05) is 32.8 Å². The molecule has 0 saturated carbocycles. The molecule has 3 aromatic rings. The van der Waals surface area contributed by atoms with Gasteiger partial charge in [-0.1, -0.05) is 17.4 Å². The van der Waals surface area contributed by atoms with Crippen molar-refractivity contribution in [2.24, 2.45) is 7.05 Å². The molecule has 3 rings (SSSR count). The van der Waals surface area contributed by atoms with E-state index in [9.17, 15) is 14.7 Å². The number of aromatic nitrogens is 3. The standard InChI is InChI=1S/C19H22N6O3S/c1-10-6-7-13(26)11(2)16(10)22-17(27)14-9-20-19(29-14)21-15-8-12(25(5)23-15)18(28)24(3)4/h6-9,26H,1-5H3,(H,22,27)(H,20,21,23). The Morgan fingerprint density at radius 1 is 1.24 bits per heavy atom. The molecule has 0 fully saturated rings. The van der Waals surface area contributed by atoms with E-state index in [1.54, 1.807) is 46.3 Å². The molecule has 9 nitrogen and oxygen atoms in total. The fourth-order valence-corrected chi connectivity index (χ4v) is 3.43. The summed E-state index contributed by atoms with van der Waals surface area (Å²) in [5.41, 5.74) is 2.47. The van der Waals surface area contributed by atoms with Gasteiger partial charge in [-0.2, -0.15) is 5.10 Å². The Labute approximate surface area is 172 Å². The monoisotopic (exact) mass is 414 g/mol. The van der Waals surface area contributed by atoms with Gasteiger partial charge in [-0.15, -0.1) is 0 Å². The first kappa shape index (κ1) is 20.3. The molecule has 0 bridgehead atoms. The van der Waals surface area contributed by atoms with Crippen LogP contribution in [0.15, 0.2) is 24.4 Å². The van der Waals surface area contributed by atoms with Gasteiger partial charge in [0.1, 0.15) is 16.3 Å². The molecular formula is C19H22N6O3S. The zero-order valence-corrected chi connectivity index (χ0v) is 17.6. The lowest BCUT2D eigenvalue weighted by atomic mass is 10.1. The van der Waals surface area contributed by atoms with Gasteiger partial charge in [0.15, 0.2) is 10.9 Å². The number of amides is 2. The van der Waals surface area contributed by atoms with E-state index >= 15 is 0 Å². The Hall–Kier alpha value is -3.40. The highest BCUT2D eigenvalue weighted by molar-refractivity contribution is 7.17. The van der Waals surface area contributed by atoms with Gasteiger partial charge in [-0.3, -0.25) is 14.3 Å². The van der Waals surface area contributed by atoms with Crippen LogP contribution in [0, 0.1) is 13.8 Å². The normalized spacial score (nSPS) is 10.7. The Kier molecular flexibility index (Phi) is 5.55. The highest BCUT2D eigenvalue weighted by Crippen LogP contribution is 2.29. The number of phenols is 1. The van der Waals surface area contributed by atoms with Crippen LogP contribution in [0.4, 0.5) is 16.6 Å². The first-order valence-electron chi connectivity index (χ1n) is 8.76. The number of aryl methyl sites for hydroxylation is 2. The second kappa shape index (κ2) is 7.92. The van der Waals surface area contributed by atoms with Crippen molar-refractivity contribution in [1.82, 2.24) is 19.7 Å². The molecule has 0 aliphatic rings. The van der Waals surface area contributed by atoms with Crippen LogP contribution in [0.5, 0.6) is 5.75 Å². The molecule has 0 unspecified atom stereocenters. The van der Waals surface area contributed by atoms with E-state index in [0.29, 0.717) is 32.8 Å². The summed E-state index contributed by atoms with van der Waals surface area (Å²) in [5.74, 6) is 0.0930. The molecule has 0 aliphatic heterocycles. The quantitative estimate of drug-likeness (QED) is 0.592. The van der Waals surface area contributed by atoms with Crippen LogP contribution in [-0.4, -0.2) is 50.7 Å². The van der Waals surface area contributed by atoms with Crippen molar-refractivity contribution < 1.29 is 14.7 Å².